The first kappa shape index (κ1) is 17.1. The fourth-order valence-corrected chi connectivity index (χ4v) is 2.73. The highest BCUT2D eigenvalue weighted by Gasteiger charge is 2.25. The van der Waals surface area contributed by atoms with Gasteiger partial charge in [0.25, 0.3) is 5.91 Å². The molecule has 0 aliphatic heterocycles. The summed E-state index contributed by atoms with van der Waals surface area (Å²) >= 11 is 6.07. The Morgan fingerprint density at radius 1 is 1.28 bits per heavy atom. The molecule has 0 spiro atoms. The third-order valence-corrected chi connectivity index (χ3v) is 4.00. The Kier molecular flexibility index (Phi) is 5.09. The lowest BCUT2D eigenvalue weighted by atomic mass is 10.0. The van der Waals surface area contributed by atoms with E-state index in [9.17, 15) is 9.18 Å². The molecule has 2 heterocycles. The normalized spacial score (nSPS) is 10.7. The Balaban J connectivity index is 1.81. The Morgan fingerprint density at radius 2 is 2.12 bits per heavy atom. The number of benzene rings is 1. The van der Waals surface area contributed by atoms with Crippen molar-refractivity contribution >= 4 is 17.5 Å². The molecule has 0 unspecified atom stereocenters. The quantitative estimate of drug-likeness (QED) is 0.752. The van der Waals surface area contributed by atoms with Crippen LogP contribution in [0.4, 0.5) is 4.39 Å². The molecule has 2 aromatic heterocycles. The third-order valence-electron chi connectivity index (χ3n) is 3.68. The lowest BCUT2D eigenvalue weighted by molar-refractivity contribution is 0.0953. The van der Waals surface area contributed by atoms with Crippen LogP contribution in [0.1, 0.15) is 21.8 Å². The van der Waals surface area contributed by atoms with E-state index < -0.39 is 11.7 Å². The van der Waals surface area contributed by atoms with Crippen LogP contribution in [-0.4, -0.2) is 22.6 Å². The van der Waals surface area contributed by atoms with Crippen molar-refractivity contribution in [1.29, 1.82) is 0 Å². The fraction of sp³-hybridized carbons (Fsp3) is 0.167. The summed E-state index contributed by atoms with van der Waals surface area (Å²) in [4.78, 5) is 16.7. The number of aryl methyl sites for hydroxylation is 1. The molecule has 1 N–H and O–H groups in total. The fourth-order valence-electron chi connectivity index (χ4n) is 2.47. The van der Waals surface area contributed by atoms with E-state index in [2.05, 4.69) is 15.5 Å². The number of hydrogen-bond donors (Lipinski definition) is 1. The zero-order valence-corrected chi connectivity index (χ0v) is 14.2. The van der Waals surface area contributed by atoms with Gasteiger partial charge in [0.05, 0.1) is 10.6 Å². The van der Waals surface area contributed by atoms with Gasteiger partial charge in [-0.1, -0.05) is 28.9 Å². The van der Waals surface area contributed by atoms with Crippen molar-refractivity contribution in [2.45, 2.75) is 13.3 Å². The molecule has 3 rings (SSSR count). The van der Waals surface area contributed by atoms with Gasteiger partial charge in [0.2, 0.25) is 0 Å². The molecule has 1 amide bonds. The first-order valence-corrected chi connectivity index (χ1v) is 8.04. The summed E-state index contributed by atoms with van der Waals surface area (Å²) in [6.07, 6.45) is 2.27. The van der Waals surface area contributed by atoms with Crippen LogP contribution in [-0.2, 0) is 6.42 Å². The SMILES string of the molecule is Cc1onc(-c2c(F)cccc2Cl)c1C(=O)NCCc1ccccn1. The molecular weight excluding hydrogens is 345 g/mol. The van der Waals surface area contributed by atoms with E-state index in [0.29, 0.717) is 18.7 Å². The van der Waals surface area contributed by atoms with Crippen LogP contribution in [0.5, 0.6) is 0 Å². The van der Waals surface area contributed by atoms with E-state index in [1.54, 1.807) is 13.1 Å². The average Bonchev–Trinajstić information content (AvgIpc) is 2.97. The predicted octanol–water partition coefficient (Wildman–Crippen LogP) is 3.81. The van der Waals surface area contributed by atoms with Gasteiger partial charge in [0.1, 0.15) is 22.8 Å². The molecule has 5 nitrogen and oxygen atoms in total. The number of halogens is 2. The third kappa shape index (κ3) is 3.69. The summed E-state index contributed by atoms with van der Waals surface area (Å²) in [5.74, 6) is -0.669. The van der Waals surface area contributed by atoms with Crippen LogP contribution in [0.2, 0.25) is 5.02 Å². The van der Waals surface area contributed by atoms with E-state index in [1.165, 1.54) is 18.2 Å². The largest absolute Gasteiger partial charge is 0.360 e. The molecule has 0 fully saturated rings. The van der Waals surface area contributed by atoms with E-state index in [-0.39, 0.29) is 21.8 Å². The molecule has 1 aromatic carbocycles. The van der Waals surface area contributed by atoms with E-state index in [0.717, 1.165) is 5.69 Å². The second kappa shape index (κ2) is 7.44. The van der Waals surface area contributed by atoms with Gasteiger partial charge in [0, 0.05) is 24.9 Å². The van der Waals surface area contributed by atoms with Crippen LogP contribution in [0.25, 0.3) is 11.3 Å². The Labute approximate surface area is 148 Å². The maximum Gasteiger partial charge on any atom is 0.257 e. The maximum atomic E-state index is 14.2. The molecule has 128 valence electrons. The molecule has 0 atom stereocenters. The number of aromatic nitrogens is 2. The Hall–Kier alpha value is -2.73. The number of carbonyl (C=O) groups excluding carboxylic acids is 1. The lowest BCUT2D eigenvalue weighted by Crippen LogP contribution is -2.26. The minimum atomic E-state index is -0.566. The molecule has 7 heteroatoms. The van der Waals surface area contributed by atoms with Crippen LogP contribution in [0, 0.1) is 12.7 Å². The van der Waals surface area contributed by atoms with Crippen LogP contribution in [0.3, 0.4) is 0 Å². The lowest BCUT2D eigenvalue weighted by Gasteiger charge is -2.07. The van der Waals surface area contributed by atoms with Gasteiger partial charge in [-0.15, -0.1) is 0 Å². The van der Waals surface area contributed by atoms with Crippen molar-refractivity contribution in [3.05, 3.63) is 70.5 Å². The topological polar surface area (TPSA) is 68.0 Å². The number of pyridine rings is 1. The molecule has 0 saturated carbocycles. The van der Waals surface area contributed by atoms with Gasteiger partial charge in [0.15, 0.2) is 0 Å². The van der Waals surface area contributed by atoms with Crippen LogP contribution < -0.4 is 5.32 Å². The summed E-state index contributed by atoms with van der Waals surface area (Å²) in [6, 6.07) is 9.86. The number of nitrogens with zero attached hydrogens (tertiary/aromatic N) is 2. The Bertz CT molecular complexity index is 876. The van der Waals surface area contributed by atoms with Crippen molar-refractivity contribution in [3.63, 3.8) is 0 Å². The van der Waals surface area contributed by atoms with Crippen LogP contribution in [0.15, 0.2) is 47.1 Å². The minimum Gasteiger partial charge on any atom is -0.360 e. The number of rotatable bonds is 5. The highest BCUT2D eigenvalue weighted by molar-refractivity contribution is 6.33. The van der Waals surface area contributed by atoms with Gasteiger partial charge < -0.3 is 9.84 Å². The summed E-state index contributed by atoms with van der Waals surface area (Å²) in [7, 11) is 0. The van der Waals surface area contributed by atoms with Crippen molar-refractivity contribution in [2.24, 2.45) is 0 Å². The van der Waals surface area contributed by atoms with Crippen molar-refractivity contribution in [1.82, 2.24) is 15.5 Å². The molecular formula is C18H15ClFN3O2. The number of carbonyl (C=O) groups is 1. The van der Waals surface area contributed by atoms with Crippen molar-refractivity contribution in [2.75, 3.05) is 6.54 Å². The van der Waals surface area contributed by atoms with Gasteiger partial charge in [-0.05, 0) is 31.2 Å². The van der Waals surface area contributed by atoms with Gasteiger partial charge in [-0.25, -0.2) is 4.39 Å². The molecule has 0 radical (unpaired) electrons. The molecule has 25 heavy (non-hydrogen) atoms. The average molecular weight is 360 g/mol. The molecule has 0 aliphatic rings. The molecule has 0 saturated heterocycles. The summed E-state index contributed by atoms with van der Waals surface area (Å²) < 4.78 is 19.3. The van der Waals surface area contributed by atoms with Crippen molar-refractivity contribution < 1.29 is 13.7 Å². The zero-order chi connectivity index (χ0) is 17.8. The van der Waals surface area contributed by atoms with E-state index >= 15 is 0 Å². The predicted molar refractivity (Wildman–Crippen MR) is 91.9 cm³/mol. The Morgan fingerprint density at radius 3 is 2.84 bits per heavy atom. The summed E-state index contributed by atoms with van der Waals surface area (Å²) in [5, 5.41) is 6.76. The number of nitrogens with one attached hydrogen (secondary N) is 1. The standard InChI is InChI=1S/C18H15ClFN3O2/c1-11-15(18(24)22-10-8-12-5-2-3-9-21-12)17(23-25-11)16-13(19)6-4-7-14(16)20/h2-7,9H,8,10H2,1H3,(H,22,24). The first-order chi connectivity index (χ1) is 12.1. The first-order valence-electron chi connectivity index (χ1n) is 7.66. The summed E-state index contributed by atoms with van der Waals surface area (Å²) in [5.41, 5.74) is 1.18. The molecule has 0 bridgehead atoms. The highest BCUT2D eigenvalue weighted by Crippen LogP contribution is 2.33. The number of hydrogen-bond acceptors (Lipinski definition) is 4. The molecule has 3 aromatic rings. The van der Waals surface area contributed by atoms with Gasteiger partial charge in [-0.3, -0.25) is 9.78 Å². The van der Waals surface area contributed by atoms with E-state index in [4.69, 9.17) is 16.1 Å². The summed E-state index contributed by atoms with van der Waals surface area (Å²) in [6.45, 7) is 1.98. The van der Waals surface area contributed by atoms with Crippen molar-refractivity contribution in [3.8, 4) is 11.3 Å². The zero-order valence-electron chi connectivity index (χ0n) is 13.4. The van der Waals surface area contributed by atoms with Crippen LogP contribution >= 0.6 is 11.6 Å². The minimum absolute atomic E-state index is 0.0518. The van der Waals surface area contributed by atoms with Gasteiger partial charge >= 0.3 is 0 Å². The van der Waals surface area contributed by atoms with E-state index in [1.807, 2.05) is 18.2 Å². The van der Waals surface area contributed by atoms with Gasteiger partial charge in [-0.2, -0.15) is 0 Å². The highest BCUT2D eigenvalue weighted by atomic mass is 35.5. The maximum absolute atomic E-state index is 14.2. The molecule has 0 aliphatic carbocycles. The second-order valence-corrected chi connectivity index (χ2v) is 5.79. The monoisotopic (exact) mass is 359 g/mol. The smallest absolute Gasteiger partial charge is 0.257 e. The second-order valence-electron chi connectivity index (χ2n) is 5.39. The number of amides is 1.